The van der Waals surface area contributed by atoms with Crippen molar-refractivity contribution in [2.24, 2.45) is 0 Å². The summed E-state index contributed by atoms with van der Waals surface area (Å²) in [5, 5.41) is 10.5. The zero-order valence-corrected chi connectivity index (χ0v) is 19.7. The predicted octanol–water partition coefficient (Wildman–Crippen LogP) is 5.49. The van der Waals surface area contributed by atoms with Crippen LogP contribution in [0.2, 0.25) is 10.0 Å². The first kappa shape index (κ1) is 23.8. The van der Waals surface area contributed by atoms with Gasteiger partial charge < -0.3 is 10.1 Å². The second-order valence-electron chi connectivity index (χ2n) is 7.91. The van der Waals surface area contributed by atoms with Gasteiger partial charge in [-0.1, -0.05) is 29.3 Å². The zero-order chi connectivity index (χ0) is 25.4. The molecule has 0 aliphatic heterocycles. The van der Waals surface area contributed by atoms with Crippen LogP contribution in [0, 0.1) is 11.6 Å². The number of aromatic nitrogens is 4. The molecule has 1 aliphatic rings. The third-order valence-corrected chi connectivity index (χ3v) is 5.87. The number of benzene rings is 2. The second-order valence-corrected chi connectivity index (χ2v) is 8.72. The topological polar surface area (TPSA) is 99.0 Å². The van der Waals surface area contributed by atoms with E-state index in [-0.39, 0.29) is 49.9 Å². The van der Waals surface area contributed by atoms with Crippen molar-refractivity contribution in [2.75, 3.05) is 5.32 Å². The number of ether oxygens (including phenoxy) is 1. The maximum atomic E-state index is 15.2. The standard InChI is InChI=1S/C24H15Cl2F2N5O3/c25-19-9-16(15-4-1-12(27)7-17(15)24(35)36-14-2-3-14)21(28)10-18(19)23(34)32-13-8-20(26)22(29-11-13)33-30-5-6-31-33/h1,4-11,14H,2-3H2,(H,32,34). The fraction of sp³-hybridized carbons (Fsp3) is 0.125. The van der Waals surface area contributed by atoms with Crippen molar-refractivity contribution in [3.05, 3.63) is 87.8 Å². The molecule has 36 heavy (non-hydrogen) atoms. The van der Waals surface area contributed by atoms with Gasteiger partial charge in [-0.3, -0.25) is 4.79 Å². The fourth-order valence-electron chi connectivity index (χ4n) is 3.42. The SMILES string of the molecule is O=C(Nc1cnc(-n2nccn2)c(Cl)c1)c1cc(F)c(-c2ccc(F)cc2C(=O)OC2CC2)cc1Cl. The minimum atomic E-state index is -0.840. The van der Waals surface area contributed by atoms with Crippen LogP contribution < -0.4 is 5.32 Å². The highest BCUT2D eigenvalue weighted by Crippen LogP contribution is 2.34. The Bertz CT molecular complexity index is 1490. The highest BCUT2D eigenvalue weighted by molar-refractivity contribution is 6.35. The lowest BCUT2D eigenvalue weighted by Gasteiger charge is -2.13. The first-order valence-corrected chi connectivity index (χ1v) is 11.4. The number of anilines is 1. The average molecular weight is 530 g/mol. The van der Waals surface area contributed by atoms with Gasteiger partial charge in [-0.2, -0.15) is 10.2 Å². The summed E-state index contributed by atoms with van der Waals surface area (Å²) in [6.45, 7) is 0. The van der Waals surface area contributed by atoms with Crippen molar-refractivity contribution in [3.8, 4) is 16.9 Å². The van der Waals surface area contributed by atoms with Crippen LogP contribution in [0.25, 0.3) is 16.9 Å². The van der Waals surface area contributed by atoms with Crippen molar-refractivity contribution < 1.29 is 23.1 Å². The molecule has 2 aromatic heterocycles. The maximum absolute atomic E-state index is 15.2. The lowest BCUT2D eigenvalue weighted by molar-refractivity contribution is 0.0472. The third-order valence-electron chi connectivity index (χ3n) is 5.28. The number of halogens is 4. The summed E-state index contributed by atoms with van der Waals surface area (Å²) in [6, 6.07) is 6.90. The molecule has 8 nitrogen and oxygen atoms in total. The van der Waals surface area contributed by atoms with Gasteiger partial charge in [0.05, 0.1) is 45.5 Å². The Morgan fingerprint density at radius 3 is 2.42 bits per heavy atom. The Balaban J connectivity index is 1.42. The molecule has 0 bridgehead atoms. The molecule has 0 radical (unpaired) electrons. The third kappa shape index (κ3) is 4.91. The monoisotopic (exact) mass is 529 g/mol. The van der Waals surface area contributed by atoms with E-state index in [0.29, 0.717) is 0 Å². The molecule has 1 aliphatic carbocycles. The molecule has 5 rings (SSSR count). The lowest BCUT2D eigenvalue weighted by atomic mass is 9.97. The molecule has 0 unspecified atom stereocenters. The van der Waals surface area contributed by atoms with E-state index in [9.17, 15) is 14.0 Å². The van der Waals surface area contributed by atoms with Crippen LogP contribution in [-0.4, -0.2) is 38.0 Å². The highest BCUT2D eigenvalue weighted by atomic mass is 35.5. The van der Waals surface area contributed by atoms with Crippen LogP contribution in [0.1, 0.15) is 33.6 Å². The number of nitrogens with one attached hydrogen (secondary N) is 1. The van der Waals surface area contributed by atoms with E-state index in [4.69, 9.17) is 27.9 Å². The smallest absolute Gasteiger partial charge is 0.339 e. The molecule has 2 aromatic carbocycles. The molecule has 0 spiro atoms. The number of nitrogens with zero attached hydrogens (tertiary/aromatic N) is 4. The molecule has 1 saturated carbocycles. The largest absolute Gasteiger partial charge is 0.459 e. The number of pyridine rings is 1. The van der Waals surface area contributed by atoms with Crippen molar-refractivity contribution in [3.63, 3.8) is 0 Å². The van der Waals surface area contributed by atoms with Crippen LogP contribution in [0.3, 0.4) is 0 Å². The normalized spacial score (nSPS) is 12.9. The van der Waals surface area contributed by atoms with Gasteiger partial charge in [0, 0.05) is 5.56 Å². The quantitative estimate of drug-likeness (QED) is 0.332. The van der Waals surface area contributed by atoms with Crippen LogP contribution >= 0.6 is 23.2 Å². The van der Waals surface area contributed by atoms with Crippen LogP contribution in [-0.2, 0) is 4.74 Å². The van der Waals surface area contributed by atoms with Gasteiger partial charge in [0.15, 0.2) is 5.82 Å². The molecular formula is C24H15Cl2F2N5O3. The minimum absolute atomic E-state index is 0.0833. The number of hydrogen-bond acceptors (Lipinski definition) is 6. The van der Waals surface area contributed by atoms with Crippen molar-refractivity contribution >= 4 is 40.8 Å². The van der Waals surface area contributed by atoms with E-state index in [1.165, 1.54) is 41.6 Å². The average Bonchev–Trinajstić information content (AvgIpc) is 3.49. The molecule has 1 N–H and O–H groups in total. The Kier molecular flexibility index (Phi) is 6.38. The number of rotatable bonds is 6. The molecule has 0 atom stereocenters. The number of carbonyl (C=O) groups excluding carboxylic acids is 2. The minimum Gasteiger partial charge on any atom is -0.459 e. The van der Waals surface area contributed by atoms with Gasteiger partial charge in [-0.25, -0.2) is 18.6 Å². The van der Waals surface area contributed by atoms with Crippen LogP contribution in [0.4, 0.5) is 14.5 Å². The van der Waals surface area contributed by atoms with E-state index in [1.807, 2.05) is 0 Å². The van der Waals surface area contributed by atoms with E-state index in [0.717, 1.165) is 31.0 Å². The first-order valence-electron chi connectivity index (χ1n) is 10.6. The van der Waals surface area contributed by atoms with Gasteiger partial charge in [-0.15, -0.1) is 4.80 Å². The Morgan fingerprint density at radius 2 is 1.72 bits per heavy atom. The number of carbonyl (C=O) groups is 2. The van der Waals surface area contributed by atoms with Crippen LogP contribution in [0.5, 0.6) is 0 Å². The summed E-state index contributed by atoms with van der Waals surface area (Å²) in [5.41, 5.74) is -0.0741. The maximum Gasteiger partial charge on any atom is 0.339 e. The highest BCUT2D eigenvalue weighted by Gasteiger charge is 2.28. The lowest BCUT2D eigenvalue weighted by Crippen LogP contribution is -2.14. The van der Waals surface area contributed by atoms with E-state index < -0.39 is 23.5 Å². The van der Waals surface area contributed by atoms with E-state index in [1.54, 1.807) is 0 Å². The number of esters is 1. The number of hydrogen-bond donors (Lipinski definition) is 1. The van der Waals surface area contributed by atoms with Crippen molar-refractivity contribution in [2.45, 2.75) is 18.9 Å². The van der Waals surface area contributed by atoms with E-state index in [2.05, 4.69) is 20.5 Å². The summed E-state index contributed by atoms with van der Waals surface area (Å²) in [5.74, 6) is -2.75. The predicted molar refractivity (Wildman–Crippen MR) is 127 cm³/mol. The molecule has 2 heterocycles. The zero-order valence-electron chi connectivity index (χ0n) is 18.2. The summed E-state index contributed by atoms with van der Waals surface area (Å²) in [4.78, 5) is 30.7. The Labute approximate surface area is 212 Å². The first-order chi connectivity index (χ1) is 17.3. The van der Waals surface area contributed by atoms with Crippen molar-refractivity contribution in [1.29, 1.82) is 0 Å². The van der Waals surface area contributed by atoms with Gasteiger partial charge in [0.25, 0.3) is 5.91 Å². The summed E-state index contributed by atoms with van der Waals surface area (Å²) in [6.07, 6.45) is 5.48. The molecule has 0 saturated heterocycles. The fourth-order valence-corrected chi connectivity index (χ4v) is 3.91. The summed E-state index contributed by atoms with van der Waals surface area (Å²) >= 11 is 12.5. The molecule has 1 fully saturated rings. The second kappa shape index (κ2) is 9.63. The molecule has 182 valence electrons. The van der Waals surface area contributed by atoms with E-state index >= 15 is 4.39 Å². The van der Waals surface area contributed by atoms with Crippen molar-refractivity contribution in [1.82, 2.24) is 20.0 Å². The van der Waals surface area contributed by atoms with Gasteiger partial charge in [-0.05, 0) is 48.7 Å². The number of amides is 1. The van der Waals surface area contributed by atoms with Gasteiger partial charge >= 0.3 is 5.97 Å². The van der Waals surface area contributed by atoms with Crippen LogP contribution in [0.15, 0.2) is 55.0 Å². The Hall–Kier alpha value is -3.89. The Morgan fingerprint density at radius 1 is 0.972 bits per heavy atom. The summed E-state index contributed by atoms with van der Waals surface area (Å²) < 4.78 is 34.3. The molecule has 1 amide bonds. The van der Waals surface area contributed by atoms with Gasteiger partial charge in [0.2, 0.25) is 0 Å². The van der Waals surface area contributed by atoms with Gasteiger partial charge in [0.1, 0.15) is 17.7 Å². The summed E-state index contributed by atoms with van der Waals surface area (Å²) in [7, 11) is 0. The molecule has 12 heteroatoms. The molecule has 4 aromatic rings. The molecular weight excluding hydrogens is 515 g/mol.